The number of benzene rings is 1. The zero-order valence-corrected chi connectivity index (χ0v) is 15.5. The van der Waals surface area contributed by atoms with Gasteiger partial charge in [-0.15, -0.1) is 5.10 Å². The topological polar surface area (TPSA) is 68.1 Å². The first-order valence-corrected chi connectivity index (χ1v) is 10.4. The van der Waals surface area contributed by atoms with Gasteiger partial charge in [-0.1, -0.05) is 31.2 Å². The molecule has 7 heteroatoms. The van der Waals surface area contributed by atoms with Crippen molar-refractivity contribution in [2.45, 2.75) is 55.9 Å². The Hall–Kier alpha value is -1.73. The van der Waals surface area contributed by atoms with Gasteiger partial charge in [0.05, 0.1) is 16.6 Å². The van der Waals surface area contributed by atoms with E-state index in [1.165, 1.54) is 12.8 Å². The first-order chi connectivity index (χ1) is 11.9. The van der Waals surface area contributed by atoms with E-state index in [0.29, 0.717) is 29.8 Å². The summed E-state index contributed by atoms with van der Waals surface area (Å²) in [5.74, 6) is 0.954. The van der Waals surface area contributed by atoms with Crippen LogP contribution in [0.1, 0.15) is 62.2 Å². The largest absolute Gasteiger partial charge is 0.248 e. The predicted octanol–water partition coefficient (Wildman–Crippen LogP) is 2.91. The quantitative estimate of drug-likeness (QED) is 0.822. The second-order valence-corrected chi connectivity index (χ2v) is 9.36. The average Bonchev–Trinajstić information content (AvgIpc) is 3.12. The van der Waals surface area contributed by atoms with Crippen LogP contribution in [0, 0.1) is 0 Å². The second-order valence-electron chi connectivity index (χ2n) is 7.43. The lowest BCUT2D eigenvalue weighted by Gasteiger charge is -2.17. The molecule has 0 radical (unpaired) electrons. The number of hydrogen-bond donors (Lipinski definition) is 0. The van der Waals surface area contributed by atoms with Gasteiger partial charge >= 0.3 is 0 Å². The molecule has 0 N–H and O–H groups in total. The van der Waals surface area contributed by atoms with Crippen molar-refractivity contribution in [3.63, 3.8) is 0 Å². The van der Waals surface area contributed by atoms with Gasteiger partial charge in [-0.2, -0.15) is 4.31 Å². The molecule has 0 amide bonds. The Kier molecular flexibility index (Phi) is 4.16. The highest BCUT2D eigenvalue weighted by Gasteiger charge is 2.35. The summed E-state index contributed by atoms with van der Waals surface area (Å²) in [7, 11) is -3.45. The molecular weight excluding hydrogens is 336 g/mol. The summed E-state index contributed by atoms with van der Waals surface area (Å²) in [5.41, 5.74) is 2.19. The predicted molar refractivity (Wildman–Crippen MR) is 94.9 cm³/mol. The van der Waals surface area contributed by atoms with E-state index in [2.05, 4.69) is 24.2 Å². The maximum atomic E-state index is 12.9. The van der Waals surface area contributed by atoms with E-state index in [1.54, 1.807) is 16.4 Å². The molecule has 2 aromatic rings. The first kappa shape index (κ1) is 16.7. The van der Waals surface area contributed by atoms with Crippen LogP contribution in [0.3, 0.4) is 0 Å². The third-order valence-electron chi connectivity index (χ3n) is 5.21. The van der Waals surface area contributed by atoms with Gasteiger partial charge in [0.2, 0.25) is 10.0 Å². The van der Waals surface area contributed by atoms with Crippen LogP contribution in [0.2, 0.25) is 0 Å². The summed E-state index contributed by atoms with van der Waals surface area (Å²) < 4.78 is 29.2. The number of hydrogen-bond acceptors (Lipinski definition) is 4. The summed E-state index contributed by atoms with van der Waals surface area (Å²) in [5, 5.41) is 8.46. The summed E-state index contributed by atoms with van der Waals surface area (Å²) in [6, 6.07) is 7.33. The maximum absolute atomic E-state index is 12.9. The molecule has 6 nitrogen and oxygen atoms in total. The normalized spacial score (nSPS) is 22.0. The molecule has 4 rings (SSSR count). The summed E-state index contributed by atoms with van der Waals surface area (Å²) >= 11 is 0. The van der Waals surface area contributed by atoms with Gasteiger partial charge in [-0.3, -0.25) is 0 Å². The summed E-state index contributed by atoms with van der Waals surface area (Å²) in [6.07, 6.45) is 5.15. The minimum Gasteiger partial charge on any atom is -0.248 e. The van der Waals surface area contributed by atoms with Crippen molar-refractivity contribution in [2.24, 2.45) is 0 Å². The van der Waals surface area contributed by atoms with E-state index >= 15 is 0 Å². The zero-order chi connectivity index (χ0) is 17.6. The fourth-order valence-electron chi connectivity index (χ4n) is 3.35. The Morgan fingerprint density at radius 3 is 2.48 bits per heavy atom. The number of nitrogens with zero attached hydrogens (tertiary/aromatic N) is 4. The van der Waals surface area contributed by atoms with Gasteiger partial charge in [-0.05, 0) is 42.9 Å². The third kappa shape index (κ3) is 3.22. The monoisotopic (exact) mass is 360 g/mol. The minimum absolute atomic E-state index is 0.0738. The van der Waals surface area contributed by atoms with E-state index in [-0.39, 0.29) is 6.04 Å². The summed E-state index contributed by atoms with van der Waals surface area (Å²) in [6.45, 7) is 5.18. The van der Waals surface area contributed by atoms with Crippen LogP contribution < -0.4 is 0 Å². The van der Waals surface area contributed by atoms with E-state index < -0.39 is 10.0 Å². The van der Waals surface area contributed by atoms with Crippen LogP contribution in [-0.2, 0) is 10.0 Å². The Labute approximate surface area is 148 Å². The highest BCUT2D eigenvalue weighted by molar-refractivity contribution is 7.89. The molecule has 1 unspecified atom stereocenters. The van der Waals surface area contributed by atoms with E-state index in [0.717, 1.165) is 17.7 Å². The Balaban J connectivity index is 1.49. The molecule has 1 atom stereocenters. The van der Waals surface area contributed by atoms with Crippen molar-refractivity contribution in [2.75, 3.05) is 13.1 Å². The maximum Gasteiger partial charge on any atom is 0.243 e. The van der Waals surface area contributed by atoms with Gasteiger partial charge in [0, 0.05) is 25.2 Å². The van der Waals surface area contributed by atoms with Crippen LogP contribution in [0.25, 0.3) is 0 Å². The van der Waals surface area contributed by atoms with Crippen LogP contribution >= 0.6 is 0 Å². The number of aromatic nitrogens is 3. The van der Waals surface area contributed by atoms with Crippen molar-refractivity contribution >= 4 is 10.0 Å². The van der Waals surface area contributed by atoms with Crippen molar-refractivity contribution < 1.29 is 8.42 Å². The Bertz CT molecular complexity index is 853. The Morgan fingerprint density at radius 1 is 1.12 bits per heavy atom. The fourth-order valence-corrected chi connectivity index (χ4v) is 4.85. The summed E-state index contributed by atoms with van der Waals surface area (Å²) in [4.78, 5) is 0.370. The SMILES string of the molecule is CC(C)c1ccc(S(=O)(=O)N2CCC(n3cc(C4CC4)nn3)C2)cc1. The van der Waals surface area contributed by atoms with E-state index in [1.807, 2.05) is 23.0 Å². The molecule has 1 saturated carbocycles. The van der Waals surface area contributed by atoms with Crippen LogP contribution in [0.15, 0.2) is 35.4 Å². The second kappa shape index (κ2) is 6.21. The first-order valence-electron chi connectivity index (χ1n) is 8.97. The zero-order valence-electron chi connectivity index (χ0n) is 14.7. The highest BCUT2D eigenvalue weighted by atomic mass is 32.2. The van der Waals surface area contributed by atoms with Crippen molar-refractivity contribution in [1.29, 1.82) is 0 Å². The standard InChI is InChI=1S/C18H24N4O2S/c1-13(2)14-5-7-17(8-6-14)25(23,24)21-10-9-16(11-21)22-12-18(19-20-22)15-3-4-15/h5-8,12-13,15-16H,3-4,9-11H2,1-2H3. The fraction of sp³-hybridized carbons (Fsp3) is 0.556. The molecule has 1 aliphatic heterocycles. The number of rotatable bonds is 5. The molecule has 0 bridgehead atoms. The van der Waals surface area contributed by atoms with Gasteiger partial charge in [0.25, 0.3) is 0 Å². The van der Waals surface area contributed by atoms with Gasteiger partial charge in [0.1, 0.15) is 0 Å². The van der Waals surface area contributed by atoms with E-state index in [9.17, 15) is 8.42 Å². The molecule has 25 heavy (non-hydrogen) atoms. The molecular formula is C18H24N4O2S. The van der Waals surface area contributed by atoms with Gasteiger partial charge in [0.15, 0.2) is 0 Å². The van der Waals surface area contributed by atoms with E-state index in [4.69, 9.17) is 0 Å². The molecule has 1 saturated heterocycles. The smallest absolute Gasteiger partial charge is 0.243 e. The van der Waals surface area contributed by atoms with Crippen molar-refractivity contribution in [3.05, 3.63) is 41.7 Å². The molecule has 1 aromatic carbocycles. The average molecular weight is 360 g/mol. The lowest BCUT2D eigenvalue weighted by Crippen LogP contribution is -2.29. The highest BCUT2D eigenvalue weighted by Crippen LogP contribution is 2.39. The molecule has 2 heterocycles. The van der Waals surface area contributed by atoms with Crippen LogP contribution in [-0.4, -0.2) is 40.8 Å². The molecule has 134 valence electrons. The lowest BCUT2D eigenvalue weighted by atomic mass is 10.0. The Morgan fingerprint density at radius 2 is 1.84 bits per heavy atom. The molecule has 1 aromatic heterocycles. The molecule has 0 spiro atoms. The van der Waals surface area contributed by atoms with Crippen molar-refractivity contribution in [1.82, 2.24) is 19.3 Å². The minimum atomic E-state index is -3.45. The van der Waals surface area contributed by atoms with Gasteiger partial charge < -0.3 is 0 Å². The van der Waals surface area contributed by atoms with Gasteiger partial charge in [-0.25, -0.2) is 13.1 Å². The van der Waals surface area contributed by atoms with Crippen molar-refractivity contribution in [3.8, 4) is 0 Å². The number of sulfonamides is 1. The molecule has 1 aliphatic carbocycles. The van der Waals surface area contributed by atoms with Crippen LogP contribution in [0.5, 0.6) is 0 Å². The third-order valence-corrected chi connectivity index (χ3v) is 7.09. The lowest BCUT2D eigenvalue weighted by molar-refractivity contribution is 0.428. The van der Waals surface area contributed by atoms with Crippen LogP contribution in [0.4, 0.5) is 0 Å². The molecule has 2 fully saturated rings. The molecule has 2 aliphatic rings.